The van der Waals surface area contributed by atoms with E-state index >= 15 is 0 Å². The molecular weight excluding hydrogens is 165 g/mol. The third kappa shape index (κ3) is 3.15. The average Bonchev–Trinajstić information content (AvgIpc) is 2.18. The molecule has 0 aliphatic carbocycles. The van der Waals surface area contributed by atoms with Crippen molar-refractivity contribution in [2.24, 2.45) is 0 Å². The van der Waals surface area contributed by atoms with Gasteiger partial charge in [-0.2, -0.15) is 0 Å². The Bertz CT molecular complexity index is 260. The Hall–Kier alpha value is -0.890. The summed E-state index contributed by atoms with van der Waals surface area (Å²) in [5.74, 6) is 0. The topological polar surface area (TPSA) is 12.0 Å². The van der Waals surface area contributed by atoms with Gasteiger partial charge in [-0.3, -0.25) is 0 Å². The predicted octanol–water partition coefficient (Wildman–Crippen LogP) is 2.31. The van der Waals surface area contributed by atoms with E-state index in [9.17, 15) is 4.39 Å². The molecule has 2 heteroatoms. The smallest absolute Gasteiger partial charge is 0.115 e. The monoisotopic (exact) mass is 181 g/mol. The molecule has 0 saturated carbocycles. The summed E-state index contributed by atoms with van der Waals surface area (Å²) in [5.41, 5.74) is 1.96. The fourth-order valence-electron chi connectivity index (χ4n) is 1.30. The van der Waals surface area contributed by atoms with E-state index < -0.39 is 0 Å². The Kier molecular flexibility index (Phi) is 3.90. The molecule has 1 rings (SSSR count). The van der Waals surface area contributed by atoms with Crippen LogP contribution >= 0.6 is 0 Å². The molecule has 0 spiro atoms. The van der Waals surface area contributed by atoms with Crippen LogP contribution < -0.4 is 5.32 Å². The first kappa shape index (κ1) is 10.2. The van der Waals surface area contributed by atoms with Gasteiger partial charge in [0.25, 0.3) is 0 Å². The highest BCUT2D eigenvalue weighted by molar-refractivity contribution is 5.23. The summed E-state index contributed by atoms with van der Waals surface area (Å²) in [6.07, 6.45) is 0.949. The molecule has 0 aliphatic heterocycles. The van der Waals surface area contributed by atoms with Crippen LogP contribution in [-0.2, 0) is 13.1 Å². The summed E-state index contributed by atoms with van der Waals surface area (Å²) in [4.78, 5) is 0. The molecule has 0 fully saturated rings. The number of rotatable bonds is 4. The fraction of sp³-hybridized carbons (Fsp3) is 0.455. The van der Waals surface area contributed by atoms with Crippen molar-refractivity contribution in [3.05, 3.63) is 35.4 Å². The van der Waals surface area contributed by atoms with Crippen molar-refractivity contribution in [3.8, 4) is 0 Å². The molecule has 1 aromatic rings. The number of alkyl halides is 1. The zero-order valence-corrected chi connectivity index (χ0v) is 8.18. The van der Waals surface area contributed by atoms with Crippen LogP contribution in [0.1, 0.15) is 18.1 Å². The molecule has 0 bridgehead atoms. The second-order valence-corrected chi connectivity index (χ2v) is 3.35. The van der Waals surface area contributed by atoms with Crippen LogP contribution in [-0.4, -0.2) is 13.1 Å². The molecule has 1 aromatic carbocycles. The molecule has 0 heterocycles. The van der Waals surface area contributed by atoms with Gasteiger partial charge in [0.1, 0.15) is 6.67 Å². The summed E-state index contributed by atoms with van der Waals surface area (Å²) < 4.78 is 12.3. The number of benzene rings is 1. The lowest BCUT2D eigenvalue weighted by Gasteiger charge is -2.10. The second kappa shape index (κ2) is 4.97. The van der Waals surface area contributed by atoms with Crippen molar-refractivity contribution >= 4 is 0 Å². The minimum atomic E-state index is -0.373. The first-order valence-electron chi connectivity index (χ1n) is 4.57. The number of hydrogen-bond acceptors (Lipinski definition) is 1. The van der Waals surface area contributed by atoms with E-state index in [2.05, 4.69) is 12.2 Å². The van der Waals surface area contributed by atoms with E-state index in [0.29, 0.717) is 6.04 Å². The highest BCUT2D eigenvalue weighted by atomic mass is 19.1. The predicted molar refractivity (Wildman–Crippen MR) is 53.5 cm³/mol. The highest BCUT2D eigenvalue weighted by Crippen LogP contribution is 2.08. The third-order valence-corrected chi connectivity index (χ3v) is 2.18. The molecule has 0 amide bonds. The molecule has 0 radical (unpaired) electrons. The molecular formula is C11H16FN. The van der Waals surface area contributed by atoms with E-state index in [1.54, 1.807) is 0 Å². The number of halogens is 1. The van der Waals surface area contributed by atoms with Crippen molar-refractivity contribution in [1.82, 2.24) is 5.32 Å². The van der Waals surface area contributed by atoms with Crippen LogP contribution in [0.15, 0.2) is 24.3 Å². The van der Waals surface area contributed by atoms with Gasteiger partial charge in [-0.05, 0) is 31.5 Å². The molecule has 0 saturated heterocycles. The summed E-state index contributed by atoms with van der Waals surface area (Å²) in [5, 5.41) is 3.16. The normalized spacial score (nSPS) is 12.8. The van der Waals surface area contributed by atoms with Gasteiger partial charge in [0, 0.05) is 6.04 Å². The van der Waals surface area contributed by atoms with Crippen LogP contribution in [0, 0.1) is 0 Å². The number of hydrogen-bond donors (Lipinski definition) is 1. The molecule has 0 aromatic heterocycles. The quantitative estimate of drug-likeness (QED) is 0.751. The lowest BCUT2D eigenvalue weighted by Crippen LogP contribution is -2.23. The highest BCUT2D eigenvalue weighted by Gasteiger charge is 2.00. The minimum absolute atomic E-state index is 0.373. The fourth-order valence-corrected chi connectivity index (χ4v) is 1.30. The average molecular weight is 181 g/mol. The van der Waals surface area contributed by atoms with Gasteiger partial charge >= 0.3 is 0 Å². The van der Waals surface area contributed by atoms with Crippen LogP contribution in [0.2, 0.25) is 0 Å². The van der Waals surface area contributed by atoms with Gasteiger partial charge in [0.05, 0.1) is 0 Å². The molecule has 72 valence electrons. The lowest BCUT2D eigenvalue weighted by molar-refractivity contribution is 0.484. The van der Waals surface area contributed by atoms with Crippen LogP contribution in [0.3, 0.4) is 0 Å². The third-order valence-electron chi connectivity index (χ3n) is 2.18. The van der Waals surface area contributed by atoms with Gasteiger partial charge in [-0.1, -0.05) is 24.3 Å². The van der Waals surface area contributed by atoms with Crippen molar-refractivity contribution in [2.75, 3.05) is 7.05 Å². The SMILES string of the molecule is CNC(C)Cc1cccc(CF)c1. The van der Waals surface area contributed by atoms with Gasteiger partial charge in [0.2, 0.25) is 0 Å². The Labute approximate surface area is 79.0 Å². The zero-order chi connectivity index (χ0) is 9.68. The standard InChI is InChI=1S/C11H16FN/c1-9(13-2)6-10-4-3-5-11(7-10)8-12/h3-5,7,9,13H,6,8H2,1-2H3. The van der Waals surface area contributed by atoms with E-state index in [-0.39, 0.29) is 6.67 Å². The number of nitrogens with one attached hydrogen (secondary N) is 1. The maximum Gasteiger partial charge on any atom is 0.115 e. The first-order chi connectivity index (χ1) is 6.26. The van der Waals surface area contributed by atoms with E-state index in [1.807, 2.05) is 31.3 Å². The van der Waals surface area contributed by atoms with Crippen LogP contribution in [0.25, 0.3) is 0 Å². The molecule has 0 aliphatic rings. The van der Waals surface area contributed by atoms with Gasteiger partial charge in [0.15, 0.2) is 0 Å². The second-order valence-electron chi connectivity index (χ2n) is 3.35. The van der Waals surface area contributed by atoms with E-state index in [1.165, 1.54) is 5.56 Å². The van der Waals surface area contributed by atoms with E-state index in [4.69, 9.17) is 0 Å². The molecule has 1 atom stereocenters. The Morgan fingerprint density at radius 3 is 2.69 bits per heavy atom. The summed E-state index contributed by atoms with van der Waals surface area (Å²) >= 11 is 0. The van der Waals surface area contributed by atoms with Crippen molar-refractivity contribution in [1.29, 1.82) is 0 Å². The van der Waals surface area contributed by atoms with Crippen molar-refractivity contribution < 1.29 is 4.39 Å². The number of likely N-dealkylation sites (N-methyl/N-ethyl adjacent to an activating group) is 1. The molecule has 1 N–H and O–H groups in total. The molecule has 1 unspecified atom stereocenters. The largest absolute Gasteiger partial charge is 0.317 e. The maximum atomic E-state index is 12.3. The Balaban J connectivity index is 2.66. The van der Waals surface area contributed by atoms with Crippen LogP contribution in [0.4, 0.5) is 4.39 Å². The maximum absolute atomic E-state index is 12.3. The molecule has 1 nitrogen and oxygen atoms in total. The summed E-state index contributed by atoms with van der Waals surface area (Å²) in [7, 11) is 1.93. The van der Waals surface area contributed by atoms with E-state index in [0.717, 1.165) is 12.0 Å². The Morgan fingerprint density at radius 1 is 1.38 bits per heavy atom. The summed E-state index contributed by atoms with van der Waals surface area (Å²) in [6, 6.07) is 8.12. The minimum Gasteiger partial charge on any atom is -0.317 e. The molecule has 13 heavy (non-hydrogen) atoms. The zero-order valence-electron chi connectivity index (χ0n) is 8.18. The van der Waals surface area contributed by atoms with Crippen LogP contribution in [0.5, 0.6) is 0 Å². The summed E-state index contributed by atoms with van der Waals surface area (Å²) in [6.45, 7) is 1.74. The first-order valence-corrected chi connectivity index (χ1v) is 4.57. The Morgan fingerprint density at radius 2 is 2.08 bits per heavy atom. The van der Waals surface area contributed by atoms with Crippen molar-refractivity contribution in [3.63, 3.8) is 0 Å². The van der Waals surface area contributed by atoms with Gasteiger partial charge < -0.3 is 5.32 Å². The lowest BCUT2D eigenvalue weighted by atomic mass is 10.1. The van der Waals surface area contributed by atoms with Gasteiger partial charge in [-0.15, -0.1) is 0 Å². The van der Waals surface area contributed by atoms with Gasteiger partial charge in [-0.25, -0.2) is 4.39 Å². The van der Waals surface area contributed by atoms with Crippen molar-refractivity contribution in [2.45, 2.75) is 26.1 Å².